The normalized spacial score (nSPS) is 9.79. The van der Waals surface area contributed by atoms with Gasteiger partial charge in [0.2, 0.25) is 5.91 Å². The molecular weight excluding hydrogens is 178 g/mol. The van der Waals surface area contributed by atoms with Gasteiger partial charge in [-0.1, -0.05) is 0 Å². The fourth-order valence-electron chi connectivity index (χ4n) is 1.24. The first-order valence-corrected chi connectivity index (χ1v) is 4.47. The summed E-state index contributed by atoms with van der Waals surface area (Å²) in [4.78, 5) is 10.5. The summed E-state index contributed by atoms with van der Waals surface area (Å²) in [5, 5.41) is 3.08. The summed E-state index contributed by atoms with van der Waals surface area (Å²) in [5.74, 6) is -0.307. The molecule has 4 nitrogen and oxygen atoms in total. The van der Waals surface area contributed by atoms with E-state index in [1.807, 2.05) is 25.1 Å². The minimum absolute atomic E-state index is 0.307. The molecule has 0 aliphatic carbocycles. The van der Waals surface area contributed by atoms with Crippen molar-refractivity contribution in [3.63, 3.8) is 0 Å². The van der Waals surface area contributed by atoms with Crippen molar-refractivity contribution in [1.29, 1.82) is 0 Å². The number of benzene rings is 1. The van der Waals surface area contributed by atoms with Crippen LogP contribution in [0.3, 0.4) is 0 Å². The van der Waals surface area contributed by atoms with Crippen LogP contribution >= 0.6 is 0 Å². The van der Waals surface area contributed by atoms with Crippen LogP contribution in [0.15, 0.2) is 18.2 Å². The Morgan fingerprint density at radius 2 is 2.14 bits per heavy atom. The van der Waals surface area contributed by atoms with E-state index in [0.29, 0.717) is 18.7 Å². The highest BCUT2D eigenvalue weighted by Crippen LogP contribution is 2.15. The number of amides is 1. The van der Waals surface area contributed by atoms with E-state index in [4.69, 9.17) is 11.5 Å². The molecule has 0 aliphatic heterocycles. The molecule has 4 heteroatoms. The monoisotopic (exact) mass is 193 g/mol. The highest BCUT2D eigenvalue weighted by molar-refractivity contribution is 5.74. The Balaban J connectivity index is 2.54. The molecule has 0 aliphatic rings. The van der Waals surface area contributed by atoms with Crippen LogP contribution in [0.25, 0.3) is 0 Å². The third-order valence-corrected chi connectivity index (χ3v) is 1.80. The van der Waals surface area contributed by atoms with E-state index in [9.17, 15) is 4.79 Å². The number of nitrogens with two attached hydrogens (primary N) is 2. The fourth-order valence-corrected chi connectivity index (χ4v) is 1.24. The van der Waals surface area contributed by atoms with Gasteiger partial charge in [-0.3, -0.25) is 4.79 Å². The predicted molar refractivity (Wildman–Crippen MR) is 57.9 cm³/mol. The second kappa shape index (κ2) is 4.50. The molecule has 0 fully saturated rings. The van der Waals surface area contributed by atoms with E-state index in [1.54, 1.807) is 0 Å². The molecule has 0 radical (unpaired) electrons. The molecule has 1 aromatic rings. The molecule has 0 saturated heterocycles. The van der Waals surface area contributed by atoms with Gasteiger partial charge in [0, 0.05) is 24.3 Å². The van der Waals surface area contributed by atoms with Gasteiger partial charge in [-0.15, -0.1) is 0 Å². The van der Waals surface area contributed by atoms with Crippen molar-refractivity contribution in [1.82, 2.24) is 0 Å². The molecule has 0 bridgehead atoms. The maximum atomic E-state index is 10.5. The summed E-state index contributed by atoms with van der Waals surface area (Å²) in [7, 11) is 0. The van der Waals surface area contributed by atoms with E-state index in [1.165, 1.54) is 0 Å². The van der Waals surface area contributed by atoms with Crippen molar-refractivity contribution in [2.45, 2.75) is 13.3 Å². The van der Waals surface area contributed by atoms with Crippen LogP contribution in [0, 0.1) is 6.92 Å². The van der Waals surface area contributed by atoms with Crippen molar-refractivity contribution < 1.29 is 4.79 Å². The summed E-state index contributed by atoms with van der Waals surface area (Å²) in [5.41, 5.74) is 13.4. The van der Waals surface area contributed by atoms with Gasteiger partial charge in [0.05, 0.1) is 0 Å². The van der Waals surface area contributed by atoms with Crippen LogP contribution in [0.5, 0.6) is 0 Å². The van der Waals surface area contributed by atoms with Gasteiger partial charge in [-0.25, -0.2) is 0 Å². The summed E-state index contributed by atoms with van der Waals surface area (Å²) < 4.78 is 0. The first-order chi connectivity index (χ1) is 6.58. The van der Waals surface area contributed by atoms with Gasteiger partial charge in [0.25, 0.3) is 0 Å². The van der Waals surface area contributed by atoms with Gasteiger partial charge in [-0.2, -0.15) is 0 Å². The minimum Gasteiger partial charge on any atom is -0.399 e. The van der Waals surface area contributed by atoms with Crippen LogP contribution in [0.2, 0.25) is 0 Å². The van der Waals surface area contributed by atoms with Crippen molar-refractivity contribution in [2.24, 2.45) is 5.73 Å². The number of carbonyl (C=O) groups is 1. The van der Waals surface area contributed by atoms with E-state index in [2.05, 4.69) is 5.32 Å². The molecule has 1 rings (SSSR count). The smallest absolute Gasteiger partial charge is 0.219 e. The second-order valence-corrected chi connectivity index (χ2v) is 3.28. The largest absolute Gasteiger partial charge is 0.399 e. The molecule has 14 heavy (non-hydrogen) atoms. The van der Waals surface area contributed by atoms with E-state index >= 15 is 0 Å². The van der Waals surface area contributed by atoms with Crippen molar-refractivity contribution in [3.05, 3.63) is 23.8 Å². The molecule has 0 atom stereocenters. The first kappa shape index (κ1) is 10.4. The first-order valence-electron chi connectivity index (χ1n) is 4.47. The summed E-state index contributed by atoms with van der Waals surface area (Å²) >= 11 is 0. The van der Waals surface area contributed by atoms with Crippen LogP contribution in [0.1, 0.15) is 12.0 Å². The van der Waals surface area contributed by atoms with Gasteiger partial charge in [-0.05, 0) is 30.7 Å². The Labute approximate surface area is 83.3 Å². The number of nitrogens with one attached hydrogen (secondary N) is 1. The quantitative estimate of drug-likeness (QED) is 0.620. The van der Waals surface area contributed by atoms with Crippen LogP contribution < -0.4 is 16.8 Å². The highest BCUT2D eigenvalue weighted by Gasteiger charge is 1.97. The lowest BCUT2D eigenvalue weighted by Crippen LogP contribution is -2.15. The number of hydrogen-bond acceptors (Lipinski definition) is 3. The molecule has 0 aromatic heterocycles. The lowest BCUT2D eigenvalue weighted by molar-refractivity contribution is -0.117. The molecule has 0 spiro atoms. The van der Waals surface area contributed by atoms with Gasteiger partial charge < -0.3 is 16.8 Å². The van der Waals surface area contributed by atoms with Crippen molar-refractivity contribution in [2.75, 3.05) is 17.6 Å². The van der Waals surface area contributed by atoms with E-state index < -0.39 is 0 Å². The molecular formula is C10H15N3O. The molecule has 76 valence electrons. The lowest BCUT2D eigenvalue weighted by atomic mass is 10.2. The molecule has 1 aromatic carbocycles. The molecule has 5 N–H and O–H groups in total. The summed E-state index contributed by atoms with van der Waals surface area (Å²) in [6.45, 7) is 2.51. The van der Waals surface area contributed by atoms with Gasteiger partial charge in [0.15, 0.2) is 0 Å². The molecule has 0 heterocycles. The number of rotatable bonds is 4. The second-order valence-electron chi connectivity index (χ2n) is 3.28. The van der Waals surface area contributed by atoms with Gasteiger partial charge >= 0.3 is 0 Å². The third kappa shape index (κ3) is 3.35. The molecule has 0 unspecified atom stereocenters. The number of carbonyl (C=O) groups excluding carboxylic acids is 1. The van der Waals surface area contributed by atoms with Crippen molar-refractivity contribution in [3.8, 4) is 0 Å². The molecule has 1 amide bonds. The highest BCUT2D eigenvalue weighted by atomic mass is 16.1. The summed E-state index contributed by atoms with van der Waals surface area (Å²) in [6.07, 6.45) is 0.327. The number of primary amides is 1. The van der Waals surface area contributed by atoms with Crippen molar-refractivity contribution >= 4 is 17.3 Å². The number of hydrogen-bond donors (Lipinski definition) is 3. The van der Waals surface area contributed by atoms with E-state index in [0.717, 1.165) is 11.3 Å². The lowest BCUT2D eigenvalue weighted by Gasteiger charge is -2.06. The average Bonchev–Trinajstić information content (AvgIpc) is 2.01. The van der Waals surface area contributed by atoms with Crippen LogP contribution in [-0.2, 0) is 4.79 Å². The Bertz CT molecular complexity index is 316. The number of anilines is 2. The zero-order valence-electron chi connectivity index (χ0n) is 8.21. The Hall–Kier alpha value is -1.71. The Morgan fingerprint density at radius 3 is 2.71 bits per heavy atom. The maximum absolute atomic E-state index is 10.5. The van der Waals surface area contributed by atoms with Crippen LogP contribution in [-0.4, -0.2) is 12.5 Å². The Kier molecular flexibility index (Phi) is 3.34. The standard InChI is InChI=1S/C10H15N3O/c1-7-4-8(11)6-9(5-7)13-3-2-10(12)14/h4-6,13H,2-3,11H2,1H3,(H2,12,14). The number of nitrogen functional groups attached to an aromatic ring is 1. The maximum Gasteiger partial charge on any atom is 0.219 e. The average molecular weight is 193 g/mol. The van der Waals surface area contributed by atoms with Gasteiger partial charge in [0.1, 0.15) is 0 Å². The zero-order valence-corrected chi connectivity index (χ0v) is 8.21. The zero-order chi connectivity index (χ0) is 10.6. The topological polar surface area (TPSA) is 81.1 Å². The minimum atomic E-state index is -0.307. The van der Waals surface area contributed by atoms with E-state index in [-0.39, 0.29) is 5.91 Å². The molecule has 0 saturated carbocycles. The predicted octanol–water partition coefficient (Wildman–Crippen LogP) is 0.865. The fraction of sp³-hybridized carbons (Fsp3) is 0.300. The SMILES string of the molecule is Cc1cc(N)cc(NCCC(N)=O)c1. The summed E-state index contributed by atoms with van der Waals surface area (Å²) in [6, 6.07) is 5.69. The third-order valence-electron chi connectivity index (χ3n) is 1.80. The Morgan fingerprint density at radius 1 is 1.43 bits per heavy atom. The number of aryl methyl sites for hydroxylation is 1. The van der Waals surface area contributed by atoms with Crippen LogP contribution in [0.4, 0.5) is 11.4 Å².